The molecule has 2 N–H and O–H groups in total. The number of carboxylic acid groups (broad SMARTS) is 1. The fourth-order valence-corrected chi connectivity index (χ4v) is 5.72. The zero-order chi connectivity index (χ0) is 29.5. The van der Waals surface area contributed by atoms with Crippen LogP contribution in [-0.2, 0) is 24.0 Å². The number of hydrogen-bond donors (Lipinski definition) is 2. The number of hydrogen-bond acceptors (Lipinski definition) is 5. The molecule has 3 aliphatic rings. The van der Waals surface area contributed by atoms with Crippen molar-refractivity contribution in [1.82, 2.24) is 4.98 Å². The third-order valence-electron chi connectivity index (χ3n) is 8.12. The second-order valence-corrected chi connectivity index (χ2v) is 11.1. The molecule has 0 spiro atoms. The van der Waals surface area contributed by atoms with Gasteiger partial charge in [-0.15, -0.1) is 0 Å². The molecule has 2 unspecified atom stereocenters. The standard InChI is InChI=1S/C29H27F5N2O2.CH2O2/c1-28(37)4-6-36(7-5-28)19-2-3-20(26(31)12-19)22-10-18(25(30)13-24(22)29(32,33)34)15-38-27-11-17-8-16-9-21(16)23(17)14-35-27;2-1-3/h2-3,10-14,16,21,37H,4-9,15H2,1H3;1H,(H,2,3). The molecule has 2 aromatic carbocycles. The van der Waals surface area contributed by atoms with Crippen LogP contribution in [0.2, 0.25) is 0 Å². The SMILES string of the molecule is CC1(O)CCN(c2ccc(-c3cc(COc4cc5c(cn4)C4CC4C5)c(F)cc3C(F)(F)F)c(F)c2)CC1.O=CO. The van der Waals surface area contributed by atoms with Crippen molar-refractivity contribution in [1.29, 1.82) is 0 Å². The third-order valence-corrected chi connectivity index (χ3v) is 8.12. The summed E-state index contributed by atoms with van der Waals surface area (Å²) in [7, 11) is 0. The second-order valence-electron chi connectivity index (χ2n) is 11.1. The number of piperidine rings is 1. The van der Waals surface area contributed by atoms with E-state index >= 15 is 4.39 Å². The molecule has 1 saturated heterocycles. The van der Waals surface area contributed by atoms with Crippen LogP contribution in [0.1, 0.15) is 54.4 Å². The van der Waals surface area contributed by atoms with Crippen molar-refractivity contribution in [3.63, 3.8) is 0 Å². The van der Waals surface area contributed by atoms with Crippen LogP contribution < -0.4 is 9.64 Å². The highest BCUT2D eigenvalue weighted by Crippen LogP contribution is 2.56. The molecule has 1 saturated carbocycles. The van der Waals surface area contributed by atoms with E-state index in [9.17, 15) is 22.7 Å². The van der Waals surface area contributed by atoms with E-state index in [4.69, 9.17) is 14.6 Å². The van der Waals surface area contributed by atoms with E-state index in [1.165, 1.54) is 24.1 Å². The first-order chi connectivity index (χ1) is 19.4. The van der Waals surface area contributed by atoms with Gasteiger partial charge in [-0.3, -0.25) is 4.79 Å². The minimum Gasteiger partial charge on any atom is -0.483 e. The van der Waals surface area contributed by atoms with E-state index in [2.05, 4.69) is 4.98 Å². The van der Waals surface area contributed by atoms with Gasteiger partial charge >= 0.3 is 6.18 Å². The molecule has 2 fully saturated rings. The smallest absolute Gasteiger partial charge is 0.417 e. The third kappa shape index (κ3) is 6.14. The Bertz CT molecular complexity index is 1450. The highest BCUT2D eigenvalue weighted by atomic mass is 19.4. The minimum absolute atomic E-state index is 0.125. The maximum Gasteiger partial charge on any atom is 0.417 e. The molecule has 218 valence electrons. The van der Waals surface area contributed by atoms with Crippen molar-refractivity contribution >= 4 is 12.2 Å². The summed E-state index contributed by atoms with van der Waals surface area (Å²) >= 11 is 0. The van der Waals surface area contributed by atoms with Crippen molar-refractivity contribution in [3.8, 4) is 17.0 Å². The van der Waals surface area contributed by atoms with Crippen molar-refractivity contribution < 1.29 is 41.7 Å². The number of carbonyl (C=O) groups is 1. The van der Waals surface area contributed by atoms with Gasteiger partial charge in [0.05, 0.1) is 11.2 Å². The van der Waals surface area contributed by atoms with Crippen LogP contribution in [0.3, 0.4) is 0 Å². The Morgan fingerprint density at radius 2 is 1.80 bits per heavy atom. The second kappa shape index (κ2) is 10.9. The lowest BCUT2D eigenvalue weighted by Gasteiger charge is -2.37. The number of fused-ring (bicyclic) bond motifs is 3. The minimum atomic E-state index is -4.89. The van der Waals surface area contributed by atoms with E-state index in [1.807, 2.05) is 11.0 Å². The number of ether oxygens (including phenoxy) is 1. The molecule has 3 aromatic rings. The lowest BCUT2D eigenvalue weighted by molar-refractivity contribution is -0.137. The van der Waals surface area contributed by atoms with Gasteiger partial charge in [0.2, 0.25) is 5.88 Å². The number of pyridine rings is 1. The Labute approximate surface area is 233 Å². The molecule has 2 aliphatic carbocycles. The van der Waals surface area contributed by atoms with Crippen LogP contribution in [0.25, 0.3) is 11.1 Å². The lowest BCUT2D eigenvalue weighted by atomic mass is 9.93. The number of aromatic nitrogens is 1. The molecule has 6 rings (SSSR count). The lowest BCUT2D eigenvalue weighted by Crippen LogP contribution is -2.42. The van der Waals surface area contributed by atoms with Crippen molar-refractivity contribution in [2.45, 2.75) is 56.9 Å². The first kappa shape index (κ1) is 28.8. The van der Waals surface area contributed by atoms with Crippen LogP contribution in [0.15, 0.2) is 42.6 Å². The van der Waals surface area contributed by atoms with Gasteiger partial charge in [0, 0.05) is 42.2 Å². The van der Waals surface area contributed by atoms with Gasteiger partial charge in [-0.1, -0.05) is 0 Å². The summed E-state index contributed by atoms with van der Waals surface area (Å²) in [6.07, 6.45) is -0.0131. The van der Waals surface area contributed by atoms with Crippen LogP contribution in [-0.4, -0.2) is 40.4 Å². The van der Waals surface area contributed by atoms with Gasteiger partial charge in [0.25, 0.3) is 6.47 Å². The summed E-state index contributed by atoms with van der Waals surface area (Å²) in [6, 6.07) is 7.25. The normalized spacial score (nSPS) is 20.4. The molecule has 0 radical (unpaired) electrons. The van der Waals surface area contributed by atoms with Crippen LogP contribution in [0.5, 0.6) is 5.88 Å². The molecule has 1 aromatic heterocycles. The van der Waals surface area contributed by atoms with Gasteiger partial charge in [-0.25, -0.2) is 13.8 Å². The highest BCUT2D eigenvalue weighted by molar-refractivity contribution is 5.72. The summed E-state index contributed by atoms with van der Waals surface area (Å²) < 4.78 is 77.4. The van der Waals surface area contributed by atoms with Crippen LogP contribution in [0, 0.1) is 17.6 Å². The summed E-state index contributed by atoms with van der Waals surface area (Å²) in [5, 5.41) is 17.0. The molecule has 2 heterocycles. The van der Waals surface area contributed by atoms with E-state index in [0.29, 0.717) is 49.5 Å². The van der Waals surface area contributed by atoms with Crippen molar-refractivity contribution in [2.24, 2.45) is 5.92 Å². The number of benzene rings is 2. The molecule has 11 heteroatoms. The number of anilines is 1. The summed E-state index contributed by atoms with van der Waals surface area (Å²) in [5.41, 5.74) is -0.0379. The van der Waals surface area contributed by atoms with E-state index < -0.39 is 34.5 Å². The largest absolute Gasteiger partial charge is 0.483 e. The van der Waals surface area contributed by atoms with Gasteiger partial charge in [0.1, 0.15) is 18.2 Å². The molecular weight excluding hydrogens is 547 g/mol. The summed E-state index contributed by atoms with van der Waals surface area (Å²) in [6.45, 7) is 2.14. The first-order valence-electron chi connectivity index (χ1n) is 13.3. The fraction of sp³-hybridized carbons (Fsp3) is 0.400. The van der Waals surface area contributed by atoms with E-state index in [1.54, 1.807) is 19.2 Å². The zero-order valence-corrected chi connectivity index (χ0v) is 22.2. The van der Waals surface area contributed by atoms with Gasteiger partial charge < -0.3 is 19.8 Å². The average Bonchev–Trinajstić information content (AvgIpc) is 3.58. The number of alkyl halides is 3. The maximum absolute atomic E-state index is 15.3. The molecular formula is C30H29F5N2O4. The molecule has 41 heavy (non-hydrogen) atoms. The fourth-order valence-electron chi connectivity index (χ4n) is 5.72. The molecule has 1 aliphatic heterocycles. The maximum atomic E-state index is 15.3. The van der Waals surface area contributed by atoms with Crippen molar-refractivity contribution in [3.05, 3.63) is 76.5 Å². The zero-order valence-electron chi connectivity index (χ0n) is 22.2. The van der Waals surface area contributed by atoms with Crippen LogP contribution >= 0.6 is 0 Å². The number of rotatable bonds is 5. The Balaban J connectivity index is 0.00000108. The number of aliphatic hydroxyl groups is 1. The Morgan fingerprint density at radius 1 is 1.10 bits per heavy atom. The molecule has 0 bridgehead atoms. The monoisotopic (exact) mass is 576 g/mol. The highest BCUT2D eigenvalue weighted by Gasteiger charge is 2.45. The number of halogens is 5. The van der Waals surface area contributed by atoms with Crippen molar-refractivity contribution in [2.75, 3.05) is 18.0 Å². The first-order valence-corrected chi connectivity index (χ1v) is 13.3. The molecule has 6 nitrogen and oxygen atoms in total. The topological polar surface area (TPSA) is 82.9 Å². The Morgan fingerprint density at radius 3 is 2.46 bits per heavy atom. The average molecular weight is 577 g/mol. The van der Waals surface area contributed by atoms with Gasteiger partial charge in [-0.05, 0) is 91.5 Å². The van der Waals surface area contributed by atoms with E-state index in [-0.39, 0.29) is 30.1 Å². The number of nitrogens with zero attached hydrogens (tertiary/aromatic N) is 2. The van der Waals surface area contributed by atoms with Crippen LogP contribution in [0.4, 0.5) is 27.6 Å². The Kier molecular flexibility index (Phi) is 7.67. The summed E-state index contributed by atoms with van der Waals surface area (Å²) in [5.74, 6) is -0.430. The van der Waals surface area contributed by atoms with Gasteiger partial charge in [0.15, 0.2) is 0 Å². The Hall–Kier alpha value is -3.73. The predicted octanol–water partition coefficient (Wildman–Crippen LogP) is 6.34. The molecule has 0 amide bonds. The van der Waals surface area contributed by atoms with Gasteiger partial charge in [-0.2, -0.15) is 13.2 Å². The summed E-state index contributed by atoms with van der Waals surface area (Å²) in [4.78, 5) is 14.5. The molecule has 2 atom stereocenters. The van der Waals surface area contributed by atoms with E-state index in [0.717, 1.165) is 18.1 Å². The predicted molar refractivity (Wildman–Crippen MR) is 141 cm³/mol. The quantitative estimate of drug-likeness (QED) is 0.273.